The Balaban J connectivity index is 2.37. The van der Waals surface area contributed by atoms with Crippen LogP contribution in [0.1, 0.15) is 19.9 Å². The second-order valence-corrected chi connectivity index (χ2v) is 5.38. The number of carboxylic acids is 1. The highest BCUT2D eigenvalue weighted by Crippen LogP contribution is 2.29. The third kappa shape index (κ3) is 3.17. The van der Waals surface area contributed by atoms with Crippen molar-refractivity contribution in [2.45, 2.75) is 25.0 Å². The molecule has 4 nitrogen and oxygen atoms in total. The lowest BCUT2D eigenvalue weighted by Gasteiger charge is -2.15. The minimum atomic E-state index is -0.829. The van der Waals surface area contributed by atoms with E-state index in [4.69, 9.17) is 5.11 Å². The highest BCUT2D eigenvalue weighted by atomic mass is 32.2. The predicted octanol–water partition coefficient (Wildman–Crippen LogP) is 3.31. The molecular weight excluding hydrogens is 260 g/mol. The molecule has 1 aromatic heterocycles. The number of aromatic nitrogens is 2. The molecule has 0 aliphatic heterocycles. The van der Waals surface area contributed by atoms with Gasteiger partial charge in [0.05, 0.1) is 17.6 Å². The van der Waals surface area contributed by atoms with Crippen LogP contribution in [0.5, 0.6) is 0 Å². The smallest absolute Gasteiger partial charge is 0.313 e. The normalized spacial score (nSPS) is 10.9. The van der Waals surface area contributed by atoms with Crippen LogP contribution < -0.4 is 0 Å². The van der Waals surface area contributed by atoms with Gasteiger partial charge in [0, 0.05) is 6.04 Å². The lowest BCUT2D eigenvalue weighted by molar-refractivity contribution is -0.133. The number of hydrogen-bond donors (Lipinski definition) is 1. The fraction of sp³-hybridized carbons (Fsp3) is 0.286. The van der Waals surface area contributed by atoms with Gasteiger partial charge in [0.2, 0.25) is 0 Å². The van der Waals surface area contributed by atoms with Crippen LogP contribution >= 0.6 is 11.8 Å². The van der Waals surface area contributed by atoms with E-state index < -0.39 is 5.97 Å². The van der Waals surface area contributed by atoms with E-state index in [0.717, 1.165) is 16.4 Å². The van der Waals surface area contributed by atoms with Crippen LogP contribution in [0.2, 0.25) is 0 Å². The molecule has 0 radical (unpaired) electrons. The molecule has 2 aromatic rings. The molecule has 1 aromatic carbocycles. The van der Waals surface area contributed by atoms with Crippen LogP contribution in [0.25, 0.3) is 11.3 Å². The lowest BCUT2D eigenvalue weighted by atomic mass is 10.1. The van der Waals surface area contributed by atoms with Crippen LogP contribution in [-0.4, -0.2) is 26.4 Å². The first-order valence-electron chi connectivity index (χ1n) is 6.07. The maximum atomic E-state index is 10.7. The number of thioether (sulfide) groups is 1. The summed E-state index contributed by atoms with van der Waals surface area (Å²) in [7, 11) is 0. The van der Waals surface area contributed by atoms with Gasteiger partial charge in [-0.15, -0.1) is 0 Å². The highest BCUT2D eigenvalue weighted by molar-refractivity contribution is 7.99. The molecule has 0 aliphatic carbocycles. The number of imidazole rings is 1. The average molecular weight is 276 g/mol. The number of carbonyl (C=O) groups is 1. The fourth-order valence-corrected chi connectivity index (χ4v) is 2.73. The second-order valence-electron chi connectivity index (χ2n) is 4.44. The van der Waals surface area contributed by atoms with Crippen LogP contribution in [-0.2, 0) is 4.79 Å². The number of hydrogen-bond acceptors (Lipinski definition) is 3. The topological polar surface area (TPSA) is 55.1 Å². The number of aliphatic carboxylic acids is 1. The standard InChI is InChI=1S/C14H16N2O2S/c1-10(2)16-12(11-6-4-3-5-7-11)8-15-14(16)19-9-13(17)18/h3-8,10H,9H2,1-2H3,(H,17,18). The summed E-state index contributed by atoms with van der Waals surface area (Å²) in [6, 6.07) is 10.2. The summed E-state index contributed by atoms with van der Waals surface area (Å²) >= 11 is 1.25. The summed E-state index contributed by atoms with van der Waals surface area (Å²) in [6.45, 7) is 4.14. The summed E-state index contributed by atoms with van der Waals surface area (Å²) in [6.07, 6.45) is 1.81. The summed E-state index contributed by atoms with van der Waals surface area (Å²) < 4.78 is 2.07. The Kier molecular flexibility index (Phi) is 4.27. The van der Waals surface area contributed by atoms with Gasteiger partial charge in [-0.25, -0.2) is 4.98 Å². The molecule has 0 amide bonds. The maximum absolute atomic E-state index is 10.7. The van der Waals surface area contributed by atoms with E-state index in [1.54, 1.807) is 6.20 Å². The molecular formula is C14H16N2O2S. The Hall–Kier alpha value is -1.75. The van der Waals surface area contributed by atoms with Crippen molar-refractivity contribution in [2.24, 2.45) is 0 Å². The number of benzene rings is 1. The predicted molar refractivity (Wildman–Crippen MR) is 76.4 cm³/mol. The molecule has 2 rings (SSSR count). The summed E-state index contributed by atoms with van der Waals surface area (Å²) in [5.74, 6) is -0.803. The van der Waals surface area contributed by atoms with E-state index in [0.29, 0.717) is 0 Å². The molecule has 0 bridgehead atoms. The van der Waals surface area contributed by atoms with Crippen molar-refractivity contribution in [3.05, 3.63) is 36.5 Å². The molecule has 1 heterocycles. The van der Waals surface area contributed by atoms with Gasteiger partial charge in [-0.1, -0.05) is 42.1 Å². The molecule has 19 heavy (non-hydrogen) atoms. The van der Waals surface area contributed by atoms with E-state index in [-0.39, 0.29) is 11.8 Å². The molecule has 1 N–H and O–H groups in total. The van der Waals surface area contributed by atoms with E-state index in [1.165, 1.54) is 11.8 Å². The lowest BCUT2D eigenvalue weighted by Crippen LogP contribution is -2.06. The third-order valence-corrected chi connectivity index (χ3v) is 3.63. The van der Waals surface area contributed by atoms with Crippen molar-refractivity contribution < 1.29 is 9.90 Å². The van der Waals surface area contributed by atoms with Gasteiger partial charge in [-0.3, -0.25) is 4.79 Å². The summed E-state index contributed by atoms with van der Waals surface area (Å²) in [4.78, 5) is 15.0. The SMILES string of the molecule is CC(C)n1c(-c2ccccc2)cnc1SCC(=O)O. The molecule has 0 fully saturated rings. The summed E-state index contributed by atoms with van der Waals surface area (Å²) in [5, 5.41) is 9.52. The molecule has 5 heteroatoms. The third-order valence-electron chi connectivity index (χ3n) is 2.67. The highest BCUT2D eigenvalue weighted by Gasteiger charge is 2.15. The Morgan fingerprint density at radius 2 is 2.05 bits per heavy atom. The largest absolute Gasteiger partial charge is 0.481 e. The van der Waals surface area contributed by atoms with Gasteiger partial charge in [-0.2, -0.15) is 0 Å². The van der Waals surface area contributed by atoms with Gasteiger partial charge >= 0.3 is 5.97 Å². The van der Waals surface area contributed by atoms with Crippen molar-refractivity contribution in [1.29, 1.82) is 0 Å². The molecule has 0 saturated heterocycles. The zero-order chi connectivity index (χ0) is 13.8. The van der Waals surface area contributed by atoms with Crippen molar-refractivity contribution in [1.82, 2.24) is 9.55 Å². The minimum Gasteiger partial charge on any atom is -0.481 e. The first-order chi connectivity index (χ1) is 9.09. The second kappa shape index (κ2) is 5.93. The monoisotopic (exact) mass is 276 g/mol. The molecule has 0 aliphatic rings. The van der Waals surface area contributed by atoms with Crippen LogP contribution in [0.4, 0.5) is 0 Å². The Bertz CT molecular complexity index is 564. The van der Waals surface area contributed by atoms with Crippen LogP contribution in [0.15, 0.2) is 41.7 Å². The van der Waals surface area contributed by atoms with Crippen molar-refractivity contribution >= 4 is 17.7 Å². The summed E-state index contributed by atoms with van der Waals surface area (Å²) in [5.41, 5.74) is 2.11. The van der Waals surface area contributed by atoms with E-state index >= 15 is 0 Å². The maximum Gasteiger partial charge on any atom is 0.313 e. The molecule has 0 unspecified atom stereocenters. The van der Waals surface area contributed by atoms with Crippen LogP contribution in [0, 0.1) is 0 Å². The number of rotatable bonds is 5. The first kappa shape index (κ1) is 13.7. The number of carboxylic acid groups (broad SMARTS) is 1. The van der Waals surface area contributed by atoms with Gasteiger partial charge in [-0.05, 0) is 19.4 Å². The van der Waals surface area contributed by atoms with Crippen molar-refractivity contribution in [3.63, 3.8) is 0 Å². The fourth-order valence-electron chi connectivity index (χ4n) is 1.90. The van der Waals surface area contributed by atoms with Crippen molar-refractivity contribution in [2.75, 3.05) is 5.75 Å². The zero-order valence-electron chi connectivity index (χ0n) is 10.9. The average Bonchev–Trinajstić information content (AvgIpc) is 2.81. The Labute approximate surface area is 116 Å². The van der Waals surface area contributed by atoms with E-state index in [1.807, 2.05) is 30.3 Å². The van der Waals surface area contributed by atoms with Gasteiger partial charge in [0.25, 0.3) is 0 Å². The quantitative estimate of drug-likeness (QED) is 0.851. The Morgan fingerprint density at radius 1 is 1.37 bits per heavy atom. The minimum absolute atomic E-state index is 0.0258. The molecule has 0 atom stereocenters. The molecule has 0 saturated carbocycles. The van der Waals surface area contributed by atoms with Gasteiger partial charge in [0.15, 0.2) is 5.16 Å². The van der Waals surface area contributed by atoms with E-state index in [2.05, 4.69) is 23.4 Å². The van der Waals surface area contributed by atoms with E-state index in [9.17, 15) is 4.79 Å². The Morgan fingerprint density at radius 3 is 2.63 bits per heavy atom. The van der Waals surface area contributed by atoms with Gasteiger partial charge < -0.3 is 9.67 Å². The van der Waals surface area contributed by atoms with Gasteiger partial charge in [0.1, 0.15) is 0 Å². The first-order valence-corrected chi connectivity index (χ1v) is 7.05. The number of nitrogens with zero attached hydrogens (tertiary/aromatic N) is 2. The van der Waals surface area contributed by atoms with Crippen molar-refractivity contribution in [3.8, 4) is 11.3 Å². The zero-order valence-corrected chi connectivity index (χ0v) is 11.7. The van der Waals surface area contributed by atoms with Crippen LogP contribution in [0.3, 0.4) is 0 Å². The molecule has 0 spiro atoms. The molecule has 100 valence electrons.